The third-order valence-electron chi connectivity index (χ3n) is 6.40. The van der Waals surface area contributed by atoms with Crippen molar-refractivity contribution in [1.29, 1.82) is 0 Å². The second-order valence-electron chi connectivity index (χ2n) is 8.67. The number of carbonyl (C=O) groups is 1. The molecular weight excluding hydrogens is 460 g/mol. The van der Waals surface area contributed by atoms with Crippen molar-refractivity contribution in [2.24, 2.45) is 5.92 Å². The van der Waals surface area contributed by atoms with Gasteiger partial charge >= 0.3 is 0 Å². The molecule has 3 heterocycles. The molecule has 3 aromatic rings. The molecule has 0 bridgehead atoms. The Hall–Kier alpha value is -2.56. The maximum absolute atomic E-state index is 13.5. The van der Waals surface area contributed by atoms with Crippen molar-refractivity contribution >= 4 is 33.0 Å². The van der Waals surface area contributed by atoms with E-state index in [1.54, 1.807) is 13.0 Å². The molecule has 8 nitrogen and oxygen atoms in total. The fraction of sp³-hybridized carbons (Fsp3) is 0.435. The Morgan fingerprint density at radius 2 is 1.97 bits per heavy atom. The molecule has 5 rings (SSSR count). The predicted molar refractivity (Wildman–Crippen MR) is 125 cm³/mol. The smallest absolute Gasteiger partial charge is 0.244 e. The number of rotatable bonds is 6. The first kappa shape index (κ1) is 22.2. The standard InChI is InChI=1S/C23H26N4O4S2/c1-15-20(13-19(32-15)21-25-23(31-26-21)16-7-5-8-16)33(29,30)27-12-6-9-17(14-27)22(28)24-18-10-3-2-4-11-18/h2-4,10-11,13,16-17H,5-9,12,14H2,1H3,(H,24,28)/t17-/m0/s1. The second-order valence-corrected chi connectivity index (χ2v) is 11.8. The van der Waals surface area contributed by atoms with Crippen LogP contribution in [-0.2, 0) is 14.8 Å². The summed E-state index contributed by atoms with van der Waals surface area (Å²) >= 11 is 1.35. The minimum Gasteiger partial charge on any atom is -0.339 e. The molecule has 1 aromatic carbocycles. The van der Waals surface area contributed by atoms with Crippen LogP contribution < -0.4 is 5.32 Å². The molecule has 1 aliphatic heterocycles. The third kappa shape index (κ3) is 4.47. The van der Waals surface area contributed by atoms with Crippen molar-refractivity contribution < 1.29 is 17.7 Å². The molecule has 1 aliphatic carbocycles. The van der Waals surface area contributed by atoms with Gasteiger partial charge in [0.15, 0.2) is 0 Å². The number of piperidine rings is 1. The van der Waals surface area contributed by atoms with Crippen molar-refractivity contribution in [3.8, 4) is 10.7 Å². The number of para-hydroxylation sites is 1. The van der Waals surface area contributed by atoms with E-state index in [-0.39, 0.29) is 17.3 Å². The van der Waals surface area contributed by atoms with Crippen molar-refractivity contribution in [2.45, 2.75) is 49.8 Å². The Kier molecular flexibility index (Phi) is 6.07. The van der Waals surface area contributed by atoms with Crippen molar-refractivity contribution in [3.63, 3.8) is 0 Å². The summed E-state index contributed by atoms with van der Waals surface area (Å²) in [6.07, 6.45) is 4.57. The Labute approximate surface area is 197 Å². The number of hydrogen-bond donors (Lipinski definition) is 1. The molecule has 2 aromatic heterocycles. The third-order valence-corrected chi connectivity index (χ3v) is 9.57. The highest BCUT2D eigenvalue weighted by molar-refractivity contribution is 7.89. The van der Waals surface area contributed by atoms with Gasteiger partial charge in [0, 0.05) is 29.6 Å². The van der Waals surface area contributed by atoms with Crippen LogP contribution in [0.2, 0.25) is 0 Å². The van der Waals surface area contributed by atoms with Gasteiger partial charge < -0.3 is 9.84 Å². The zero-order valence-corrected chi connectivity index (χ0v) is 20.0. The van der Waals surface area contributed by atoms with E-state index in [0.29, 0.717) is 52.5 Å². The average Bonchev–Trinajstić information content (AvgIpc) is 3.40. The van der Waals surface area contributed by atoms with Crippen LogP contribution in [0, 0.1) is 12.8 Å². The van der Waals surface area contributed by atoms with Crippen LogP contribution in [0.15, 0.2) is 45.8 Å². The van der Waals surface area contributed by atoms with Gasteiger partial charge in [0.05, 0.1) is 15.7 Å². The second kappa shape index (κ2) is 9.00. The number of anilines is 1. The number of thiophene rings is 1. The van der Waals surface area contributed by atoms with Crippen LogP contribution in [-0.4, -0.2) is 41.9 Å². The lowest BCUT2D eigenvalue weighted by atomic mass is 9.85. The number of benzene rings is 1. The number of aromatic nitrogens is 2. The molecule has 1 N–H and O–H groups in total. The number of aryl methyl sites for hydroxylation is 1. The molecule has 1 saturated carbocycles. The van der Waals surface area contributed by atoms with Crippen LogP contribution in [0.4, 0.5) is 5.69 Å². The molecule has 2 fully saturated rings. The first-order valence-electron chi connectivity index (χ1n) is 11.2. The van der Waals surface area contributed by atoms with Gasteiger partial charge in [-0.1, -0.05) is 29.8 Å². The van der Waals surface area contributed by atoms with Gasteiger partial charge in [-0.05, 0) is 50.8 Å². The summed E-state index contributed by atoms with van der Waals surface area (Å²) in [5.74, 6) is 0.844. The highest BCUT2D eigenvalue weighted by Crippen LogP contribution is 2.38. The van der Waals surface area contributed by atoms with Crippen molar-refractivity contribution in [2.75, 3.05) is 18.4 Å². The summed E-state index contributed by atoms with van der Waals surface area (Å²) in [4.78, 5) is 18.9. The van der Waals surface area contributed by atoms with E-state index >= 15 is 0 Å². The lowest BCUT2D eigenvalue weighted by Gasteiger charge is -2.31. The highest BCUT2D eigenvalue weighted by Gasteiger charge is 2.35. The number of nitrogens with one attached hydrogen (secondary N) is 1. The zero-order chi connectivity index (χ0) is 23.0. The first-order chi connectivity index (χ1) is 15.9. The SMILES string of the molecule is Cc1sc(-c2noc(C3CCC3)n2)cc1S(=O)(=O)N1CCC[C@H](C(=O)Nc2ccccc2)C1. The lowest BCUT2D eigenvalue weighted by Crippen LogP contribution is -2.43. The minimum atomic E-state index is -3.74. The fourth-order valence-electron chi connectivity index (χ4n) is 4.27. The van der Waals surface area contributed by atoms with E-state index < -0.39 is 15.9 Å². The first-order valence-corrected chi connectivity index (χ1v) is 13.5. The molecule has 1 amide bonds. The number of sulfonamides is 1. The van der Waals surface area contributed by atoms with E-state index in [2.05, 4.69) is 15.5 Å². The number of carbonyl (C=O) groups excluding carboxylic acids is 1. The fourth-order valence-corrected chi connectivity index (χ4v) is 7.28. The van der Waals surface area contributed by atoms with Crippen molar-refractivity contribution in [1.82, 2.24) is 14.4 Å². The number of nitrogens with zero attached hydrogens (tertiary/aromatic N) is 3. The van der Waals surface area contributed by atoms with Crippen LogP contribution in [0.5, 0.6) is 0 Å². The van der Waals surface area contributed by atoms with Crippen LogP contribution >= 0.6 is 11.3 Å². The Balaban J connectivity index is 1.32. The van der Waals surface area contributed by atoms with Crippen LogP contribution in [0.3, 0.4) is 0 Å². The summed E-state index contributed by atoms with van der Waals surface area (Å²) in [6.45, 7) is 2.35. The largest absolute Gasteiger partial charge is 0.339 e. The van der Waals surface area contributed by atoms with Gasteiger partial charge in [-0.25, -0.2) is 8.42 Å². The van der Waals surface area contributed by atoms with Crippen LogP contribution in [0.1, 0.15) is 48.8 Å². The summed E-state index contributed by atoms with van der Waals surface area (Å²) in [5, 5.41) is 6.97. The van der Waals surface area contributed by atoms with E-state index in [1.807, 2.05) is 30.3 Å². The average molecular weight is 487 g/mol. The predicted octanol–water partition coefficient (Wildman–Crippen LogP) is 4.41. The molecule has 1 saturated heterocycles. The molecule has 174 valence electrons. The molecule has 0 spiro atoms. The Bertz CT molecular complexity index is 1250. The van der Waals surface area contributed by atoms with E-state index in [0.717, 1.165) is 12.8 Å². The molecular formula is C23H26N4O4S2. The van der Waals surface area contributed by atoms with E-state index in [4.69, 9.17) is 4.52 Å². The zero-order valence-electron chi connectivity index (χ0n) is 18.4. The van der Waals surface area contributed by atoms with Gasteiger partial charge in [-0.3, -0.25) is 4.79 Å². The highest BCUT2D eigenvalue weighted by atomic mass is 32.2. The quantitative estimate of drug-likeness (QED) is 0.553. The number of hydrogen-bond acceptors (Lipinski definition) is 7. The Morgan fingerprint density at radius 1 is 1.18 bits per heavy atom. The molecule has 0 radical (unpaired) electrons. The van der Waals surface area contributed by atoms with Crippen molar-refractivity contribution in [3.05, 3.63) is 47.2 Å². The maximum atomic E-state index is 13.5. The number of amides is 1. The normalized spacial score (nSPS) is 19.8. The van der Waals surface area contributed by atoms with Gasteiger partial charge in [-0.15, -0.1) is 11.3 Å². The summed E-state index contributed by atoms with van der Waals surface area (Å²) in [5.41, 5.74) is 0.710. The van der Waals surface area contributed by atoms with Gasteiger partial charge in [0.25, 0.3) is 0 Å². The Morgan fingerprint density at radius 3 is 2.70 bits per heavy atom. The molecule has 1 atom stereocenters. The monoisotopic (exact) mass is 486 g/mol. The summed E-state index contributed by atoms with van der Waals surface area (Å²) < 4.78 is 33.8. The molecule has 0 unspecified atom stereocenters. The van der Waals surface area contributed by atoms with Crippen LogP contribution in [0.25, 0.3) is 10.7 Å². The van der Waals surface area contributed by atoms with Gasteiger partial charge in [0.1, 0.15) is 0 Å². The molecule has 33 heavy (non-hydrogen) atoms. The van der Waals surface area contributed by atoms with E-state index in [9.17, 15) is 13.2 Å². The van der Waals surface area contributed by atoms with Gasteiger partial charge in [-0.2, -0.15) is 9.29 Å². The minimum absolute atomic E-state index is 0.154. The molecule has 2 aliphatic rings. The maximum Gasteiger partial charge on any atom is 0.244 e. The summed E-state index contributed by atoms with van der Waals surface area (Å²) in [7, 11) is -3.74. The van der Waals surface area contributed by atoms with E-state index in [1.165, 1.54) is 22.1 Å². The van der Waals surface area contributed by atoms with Gasteiger partial charge in [0.2, 0.25) is 27.6 Å². The molecule has 10 heteroatoms. The summed E-state index contributed by atoms with van der Waals surface area (Å²) in [6, 6.07) is 10.9. The lowest BCUT2D eigenvalue weighted by molar-refractivity contribution is -0.120. The topological polar surface area (TPSA) is 105 Å².